The summed E-state index contributed by atoms with van der Waals surface area (Å²) >= 11 is 0. The van der Waals surface area contributed by atoms with Crippen molar-refractivity contribution < 1.29 is 4.74 Å². The van der Waals surface area contributed by atoms with Crippen LogP contribution in [0.15, 0.2) is 24.3 Å². The van der Waals surface area contributed by atoms with Crippen molar-refractivity contribution in [1.29, 1.82) is 0 Å². The van der Waals surface area contributed by atoms with Gasteiger partial charge in [0.1, 0.15) is 5.75 Å². The van der Waals surface area contributed by atoms with E-state index in [1.54, 1.807) is 7.11 Å². The lowest BCUT2D eigenvalue weighted by Crippen LogP contribution is -2.13. The SMILES string of the molecule is COc1ccc(C2CCN(C)C2)cc1. The van der Waals surface area contributed by atoms with E-state index in [1.807, 2.05) is 12.1 Å². The van der Waals surface area contributed by atoms with Gasteiger partial charge in [-0.3, -0.25) is 0 Å². The first-order chi connectivity index (χ1) is 6.79. The van der Waals surface area contributed by atoms with Gasteiger partial charge in [0.15, 0.2) is 0 Å². The molecule has 0 radical (unpaired) electrons. The van der Waals surface area contributed by atoms with Crippen LogP contribution in [0.4, 0.5) is 0 Å². The van der Waals surface area contributed by atoms with Gasteiger partial charge in [-0.1, -0.05) is 12.1 Å². The zero-order valence-electron chi connectivity index (χ0n) is 8.86. The molecule has 1 saturated heterocycles. The van der Waals surface area contributed by atoms with Crippen molar-refractivity contribution >= 4 is 0 Å². The summed E-state index contributed by atoms with van der Waals surface area (Å²) in [7, 11) is 3.89. The molecule has 0 aliphatic carbocycles. The van der Waals surface area contributed by atoms with Crippen LogP contribution in [0.3, 0.4) is 0 Å². The Kier molecular flexibility index (Phi) is 2.73. The number of likely N-dealkylation sites (N-methyl/N-ethyl adjacent to an activating group) is 1. The molecule has 2 rings (SSSR count). The van der Waals surface area contributed by atoms with E-state index in [0.29, 0.717) is 5.92 Å². The van der Waals surface area contributed by atoms with Crippen molar-refractivity contribution in [2.75, 3.05) is 27.2 Å². The zero-order chi connectivity index (χ0) is 9.97. The topological polar surface area (TPSA) is 12.5 Å². The molecule has 0 amide bonds. The van der Waals surface area contributed by atoms with Gasteiger partial charge in [0.25, 0.3) is 0 Å². The Balaban J connectivity index is 2.09. The van der Waals surface area contributed by atoms with Crippen LogP contribution >= 0.6 is 0 Å². The molecule has 2 heteroatoms. The van der Waals surface area contributed by atoms with E-state index in [9.17, 15) is 0 Å². The van der Waals surface area contributed by atoms with E-state index >= 15 is 0 Å². The molecule has 0 bridgehead atoms. The summed E-state index contributed by atoms with van der Waals surface area (Å²) < 4.78 is 5.14. The van der Waals surface area contributed by atoms with Crippen molar-refractivity contribution in [3.05, 3.63) is 29.8 Å². The lowest BCUT2D eigenvalue weighted by atomic mass is 9.98. The molecule has 1 atom stereocenters. The quantitative estimate of drug-likeness (QED) is 0.710. The maximum absolute atomic E-state index is 5.14. The number of hydrogen-bond acceptors (Lipinski definition) is 2. The molecule has 0 N–H and O–H groups in total. The molecule has 1 aromatic carbocycles. The minimum atomic E-state index is 0.714. The predicted molar refractivity (Wildman–Crippen MR) is 57.8 cm³/mol. The summed E-state index contributed by atoms with van der Waals surface area (Å²) in [6.07, 6.45) is 1.28. The van der Waals surface area contributed by atoms with Crippen LogP contribution in [0.1, 0.15) is 17.9 Å². The van der Waals surface area contributed by atoms with E-state index in [1.165, 1.54) is 25.1 Å². The first kappa shape index (κ1) is 9.53. The van der Waals surface area contributed by atoms with Crippen LogP contribution in [-0.2, 0) is 0 Å². The van der Waals surface area contributed by atoms with Gasteiger partial charge in [-0.2, -0.15) is 0 Å². The van der Waals surface area contributed by atoms with Crippen LogP contribution < -0.4 is 4.74 Å². The monoisotopic (exact) mass is 191 g/mol. The molecule has 1 heterocycles. The smallest absolute Gasteiger partial charge is 0.118 e. The first-order valence-corrected chi connectivity index (χ1v) is 5.12. The lowest BCUT2D eigenvalue weighted by Gasteiger charge is -2.11. The third kappa shape index (κ3) is 1.90. The van der Waals surface area contributed by atoms with E-state index in [-0.39, 0.29) is 0 Å². The second-order valence-corrected chi connectivity index (χ2v) is 4.02. The van der Waals surface area contributed by atoms with Crippen molar-refractivity contribution in [2.45, 2.75) is 12.3 Å². The average molecular weight is 191 g/mol. The van der Waals surface area contributed by atoms with E-state index < -0.39 is 0 Å². The summed E-state index contributed by atoms with van der Waals surface area (Å²) in [6.45, 7) is 2.41. The normalized spacial score (nSPS) is 22.6. The first-order valence-electron chi connectivity index (χ1n) is 5.12. The van der Waals surface area contributed by atoms with E-state index in [2.05, 4.69) is 24.1 Å². The Labute approximate surface area is 85.5 Å². The second kappa shape index (κ2) is 4.01. The largest absolute Gasteiger partial charge is 0.497 e. The van der Waals surface area contributed by atoms with Gasteiger partial charge < -0.3 is 9.64 Å². The number of hydrogen-bond donors (Lipinski definition) is 0. The number of likely N-dealkylation sites (tertiary alicyclic amines) is 1. The highest BCUT2D eigenvalue weighted by Crippen LogP contribution is 2.27. The van der Waals surface area contributed by atoms with Crippen LogP contribution in [-0.4, -0.2) is 32.1 Å². The maximum Gasteiger partial charge on any atom is 0.118 e. The van der Waals surface area contributed by atoms with Crippen LogP contribution in [0, 0.1) is 0 Å². The molecule has 14 heavy (non-hydrogen) atoms. The minimum Gasteiger partial charge on any atom is -0.497 e. The standard InChI is InChI=1S/C12H17NO/c1-13-8-7-11(9-13)10-3-5-12(14-2)6-4-10/h3-6,11H,7-9H2,1-2H3. The highest BCUT2D eigenvalue weighted by molar-refractivity contribution is 5.30. The second-order valence-electron chi connectivity index (χ2n) is 4.02. The van der Waals surface area contributed by atoms with Gasteiger partial charge in [0.05, 0.1) is 7.11 Å². The number of benzene rings is 1. The molecule has 1 unspecified atom stereocenters. The molecular formula is C12H17NO. The third-order valence-electron chi connectivity index (χ3n) is 2.98. The van der Waals surface area contributed by atoms with Gasteiger partial charge in [-0.25, -0.2) is 0 Å². The Bertz CT molecular complexity index is 294. The molecule has 1 aliphatic rings. The van der Waals surface area contributed by atoms with Crippen molar-refractivity contribution in [3.8, 4) is 5.75 Å². The van der Waals surface area contributed by atoms with Crippen molar-refractivity contribution in [1.82, 2.24) is 4.90 Å². The van der Waals surface area contributed by atoms with Gasteiger partial charge in [0.2, 0.25) is 0 Å². The van der Waals surface area contributed by atoms with Crippen LogP contribution in [0.2, 0.25) is 0 Å². The molecule has 0 aromatic heterocycles. The molecule has 1 fully saturated rings. The summed E-state index contributed by atoms with van der Waals surface area (Å²) in [5, 5.41) is 0. The maximum atomic E-state index is 5.14. The highest BCUT2D eigenvalue weighted by atomic mass is 16.5. The van der Waals surface area contributed by atoms with Gasteiger partial charge in [0, 0.05) is 6.54 Å². The summed E-state index contributed by atoms with van der Waals surface area (Å²) in [5.41, 5.74) is 1.44. The molecule has 0 saturated carbocycles. The third-order valence-corrected chi connectivity index (χ3v) is 2.98. The lowest BCUT2D eigenvalue weighted by molar-refractivity contribution is 0.410. The van der Waals surface area contributed by atoms with Crippen molar-refractivity contribution in [2.24, 2.45) is 0 Å². The van der Waals surface area contributed by atoms with Gasteiger partial charge >= 0.3 is 0 Å². The van der Waals surface area contributed by atoms with E-state index in [4.69, 9.17) is 4.74 Å². The number of ether oxygens (including phenoxy) is 1. The zero-order valence-corrected chi connectivity index (χ0v) is 8.86. The Morgan fingerprint density at radius 1 is 1.29 bits per heavy atom. The van der Waals surface area contributed by atoms with Gasteiger partial charge in [-0.15, -0.1) is 0 Å². The molecule has 1 aliphatic heterocycles. The predicted octanol–water partition coefficient (Wildman–Crippen LogP) is 2.11. The molecule has 2 nitrogen and oxygen atoms in total. The fraction of sp³-hybridized carbons (Fsp3) is 0.500. The number of methoxy groups -OCH3 is 1. The highest BCUT2D eigenvalue weighted by Gasteiger charge is 2.20. The average Bonchev–Trinajstić information content (AvgIpc) is 2.65. The van der Waals surface area contributed by atoms with E-state index in [0.717, 1.165) is 5.75 Å². The fourth-order valence-corrected chi connectivity index (χ4v) is 2.08. The summed E-state index contributed by atoms with van der Waals surface area (Å²) in [5.74, 6) is 1.66. The fourth-order valence-electron chi connectivity index (χ4n) is 2.08. The number of rotatable bonds is 2. The summed E-state index contributed by atoms with van der Waals surface area (Å²) in [6, 6.07) is 8.46. The number of nitrogens with zero attached hydrogens (tertiary/aromatic N) is 1. The van der Waals surface area contributed by atoms with Gasteiger partial charge in [-0.05, 0) is 43.6 Å². The Morgan fingerprint density at radius 3 is 2.50 bits per heavy atom. The Hall–Kier alpha value is -1.02. The Morgan fingerprint density at radius 2 is 2.00 bits per heavy atom. The molecule has 0 spiro atoms. The van der Waals surface area contributed by atoms with Crippen LogP contribution in [0.5, 0.6) is 5.75 Å². The molecule has 1 aromatic rings. The molecule has 76 valence electrons. The molecular weight excluding hydrogens is 174 g/mol. The summed E-state index contributed by atoms with van der Waals surface area (Å²) in [4.78, 5) is 2.38. The van der Waals surface area contributed by atoms with Crippen molar-refractivity contribution in [3.63, 3.8) is 0 Å². The van der Waals surface area contributed by atoms with Crippen LogP contribution in [0.25, 0.3) is 0 Å². The minimum absolute atomic E-state index is 0.714.